The number of fused-ring (bicyclic) bond motifs is 1. The van der Waals surface area contributed by atoms with Crippen molar-refractivity contribution in [3.63, 3.8) is 0 Å². The minimum Gasteiger partial charge on any atom is -0.460 e. The molecule has 2 N–H and O–H groups in total. The van der Waals surface area contributed by atoms with Crippen LogP contribution >= 0.6 is 0 Å². The van der Waals surface area contributed by atoms with E-state index in [1.54, 1.807) is 6.20 Å². The number of hydrogen-bond acceptors (Lipinski definition) is 9. The van der Waals surface area contributed by atoms with Gasteiger partial charge in [0, 0.05) is 35.1 Å². The second-order valence-electron chi connectivity index (χ2n) is 9.37. The maximum atomic E-state index is 11.3. The van der Waals surface area contributed by atoms with Gasteiger partial charge in [-0.25, -0.2) is 18.4 Å². The van der Waals surface area contributed by atoms with Gasteiger partial charge in [-0.1, -0.05) is 0 Å². The molecular formula is C29H29N5O4S. The molecule has 0 fully saturated rings. The van der Waals surface area contributed by atoms with Crippen molar-refractivity contribution in [1.82, 2.24) is 20.3 Å². The van der Waals surface area contributed by atoms with Gasteiger partial charge in [-0.05, 0) is 80.1 Å². The first kappa shape index (κ1) is 26.3. The normalized spacial score (nSPS) is 11.6. The molecule has 0 atom stereocenters. The summed E-state index contributed by atoms with van der Waals surface area (Å²) in [6.45, 7) is 4.74. The summed E-state index contributed by atoms with van der Waals surface area (Å²) in [6, 6.07) is 19.3. The Morgan fingerprint density at radius 1 is 0.949 bits per heavy atom. The summed E-state index contributed by atoms with van der Waals surface area (Å²) in [5.41, 5.74) is 4.45. The van der Waals surface area contributed by atoms with Gasteiger partial charge in [-0.15, -0.1) is 0 Å². The fourth-order valence-electron chi connectivity index (χ4n) is 4.03. The Labute approximate surface area is 227 Å². The SMILES string of the molecule is Cc1ccc(Oc2ccc(Nc3ncnc4ccc(-c5ccc(CNCCS(C)(=O)=O)o5)cc34)cc2C)cn1. The van der Waals surface area contributed by atoms with Crippen LogP contribution in [0.25, 0.3) is 22.2 Å². The van der Waals surface area contributed by atoms with E-state index in [1.807, 2.05) is 74.5 Å². The van der Waals surface area contributed by atoms with Gasteiger partial charge in [0.2, 0.25) is 0 Å². The minimum atomic E-state index is -3.00. The highest BCUT2D eigenvalue weighted by molar-refractivity contribution is 7.90. The molecule has 39 heavy (non-hydrogen) atoms. The molecule has 0 aliphatic carbocycles. The Hall–Kier alpha value is -4.28. The third kappa shape index (κ3) is 6.78. The Kier molecular flexibility index (Phi) is 7.58. The quantitative estimate of drug-likeness (QED) is 0.218. The largest absolute Gasteiger partial charge is 0.460 e. The van der Waals surface area contributed by atoms with Crippen molar-refractivity contribution in [3.8, 4) is 22.8 Å². The van der Waals surface area contributed by atoms with Crippen molar-refractivity contribution in [2.45, 2.75) is 20.4 Å². The molecule has 2 aromatic carbocycles. The van der Waals surface area contributed by atoms with Gasteiger partial charge in [0.15, 0.2) is 0 Å². The van der Waals surface area contributed by atoms with E-state index in [2.05, 4.69) is 25.6 Å². The van der Waals surface area contributed by atoms with Crippen LogP contribution in [0.5, 0.6) is 11.5 Å². The second kappa shape index (κ2) is 11.2. The molecule has 0 radical (unpaired) electrons. The maximum Gasteiger partial charge on any atom is 0.148 e. The molecule has 3 aromatic heterocycles. The van der Waals surface area contributed by atoms with Crippen LogP contribution in [0.1, 0.15) is 17.0 Å². The van der Waals surface area contributed by atoms with Crippen molar-refractivity contribution in [2.24, 2.45) is 0 Å². The number of hydrogen-bond donors (Lipinski definition) is 2. The summed E-state index contributed by atoms with van der Waals surface area (Å²) in [7, 11) is -3.00. The van der Waals surface area contributed by atoms with Crippen molar-refractivity contribution in [1.29, 1.82) is 0 Å². The molecule has 10 heteroatoms. The molecule has 0 saturated carbocycles. The summed E-state index contributed by atoms with van der Waals surface area (Å²) >= 11 is 0. The van der Waals surface area contributed by atoms with Crippen LogP contribution < -0.4 is 15.4 Å². The fourth-order valence-corrected chi connectivity index (χ4v) is 4.54. The maximum absolute atomic E-state index is 11.3. The highest BCUT2D eigenvalue weighted by atomic mass is 32.2. The zero-order chi connectivity index (χ0) is 27.4. The molecular weight excluding hydrogens is 514 g/mol. The van der Waals surface area contributed by atoms with Crippen LogP contribution in [0.4, 0.5) is 11.5 Å². The van der Waals surface area contributed by atoms with Crippen LogP contribution in [0, 0.1) is 13.8 Å². The molecule has 5 rings (SSSR count). The molecule has 0 saturated heterocycles. The molecule has 0 amide bonds. The first-order valence-electron chi connectivity index (χ1n) is 12.4. The van der Waals surface area contributed by atoms with Gasteiger partial charge in [0.05, 0.1) is 24.0 Å². The smallest absolute Gasteiger partial charge is 0.148 e. The Balaban J connectivity index is 1.32. The molecule has 0 spiro atoms. The van der Waals surface area contributed by atoms with E-state index in [0.717, 1.165) is 44.9 Å². The number of aryl methyl sites for hydroxylation is 2. The molecule has 200 valence electrons. The van der Waals surface area contributed by atoms with Crippen LogP contribution in [0.3, 0.4) is 0 Å². The molecule has 9 nitrogen and oxygen atoms in total. The Morgan fingerprint density at radius 2 is 1.82 bits per heavy atom. The van der Waals surface area contributed by atoms with E-state index in [0.29, 0.717) is 30.4 Å². The monoisotopic (exact) mass is 543 g/mol. The summed E-state index contributed by atoms with van der Waals surface area (Å²) in [5, 5.41) is 7.36. The second-order valence-corrected chi connectivity index (χ2v) is 11.6. The van der Waals surface area contributed by atoms with E-state index < -0.39 is 9.84 Å². The van der Waals surface area contributed by atoms with Crippen LogP contribution in [0.2, 0.25) is 0 Å². The van der Waals surface area contributed by atoms with Crippen molar-refractivity contribution >= 4 is 32.2 Å². The van der Waals surface area contributed by atoms with Gasteiger partial charge >= 0.3 is 0 Å². The predicted molar refractivity (Wildman–Crippen MR) is 152 cm³/mol. The van der Waals surface area contributed by atoms with Gasteiger partial charge in [-0.3, -0.25) is 4.98 Å². The highest BCUT2D eigenvalue weighted by Gasteiger charge is 2.11. The summed E-state index contributed by atoms with van der Waals surface area (Å²) in [6.07, 6.45) is 4.47. The number of anilines is 2. The standard InChI is InChI=1S/C29H29N5O4S/c1-19-14-22(6-10-27(19)37-24-7-4-20(2)31-17-24)34-29-25-15-21(5-9-26(25)32-18-33-29)28-11-8-23(38-28)16-30-12-13-39(3,35)36/h4-11,14-15,17-18,30H,12-13,16H2,1-3H3,(H,32,33,34). The number of nitrogens with zero attached hydrogens (tertiary/aromatic N) is 3. The van der Waals surface area contributed by atoms with E-state index in [9.17, 15) is 8.42 Å². The third-order valence-electron chi connectivity index (χ3n) is 6.08. The first-order chi connectivity index (χ1) is 18.7. The number of aromatic nitrogens is 3. The van der Waals surface area contributed by atoms with E-state index in [-0.39, 0.29) is 5.75 Å². The Bertz CT molecular complexity index is 1720. The average molecular weight is 544 g/mol. The number of rotatable bonds is 10. The number of nitrogens with one attached hydrogen (secondary N) is 2. The van der Waals surface area contributed by atoms with E-state index in [4.69, 9.17) is 9.15 Å². The third-order valence-corrected chi connectivity index (χ3v) is 7.03. The van der Waals surface area contributed by atoms with Crippen LogP contribution in [-0.2, 0) is 16.4 Å². The highest BCUT2D eigenvalue weighted by Crippen LogP contribution is 2.32. The van der Waals surface area contributed by atoms with Crippen molar-refractivity contribution < 1.29 is 17.6 Å². The van der Waals surface area contributed by atoms with Gasteiger partial charge < -0.3 is 19.8 Å². The first-order valence-corrected chi connectivity index (χ1v) is 14.5. The molecule has 5 aromatic rings. The number of sulfone groups is 1. The molecule has 0 unspecified atom stereocenters. The van der Waals surface area contributed by atoms with E-state index >= 15 is 0 Å². The molecule has 0 aliphatic rings. The van der Waals surface area contributed by atoms with Crippen LogP contribution in [0.15, 0.2) is 77.6 Å². The summed E-state index contributed by atoms with van der Waals surface area (Å²) in [4.78, 5) is 13.2. The minimum absolute atomic E-state index is 0.0838. The van der Waals surface area contributed by atoms with Crippen molar-refractivity contribution in [2.75, 3.05) is 23.9 Å². The predicted octanol–water partition coefficient (Wildman–Crippen LogP) is 5.57. The fraction of sp³-hybridized carbons (Fsp3) is 0.207. The summed E-state index contributed by atoms with van der Waals surface area (Å²) < 4.78 is 34.6. The van der Waals surface area contributed by atoms with E-state index in [1.165, 1.54) is 12.6 Å². The molecule has 0 bridgehead atoms. The zero-order valence-electron chi connectivity index (χ0n) is 21.9. The summed E-state index contributed by atoms with van der Waals surface area (Å²) in [5.74, 6) is 3.62. The van der Waals surface area contributed by atoms with Crippen LogP contribution in [-0.4, -0.2) is 41.9 Å². The lowest BCUT2D eigenvalue weighted by Gasteiger charge is -2.13. The lowest BCUT2D eigenvalue weighted by molar-refractivity contribution is 0.476. The Morgan fingerprint density at radius 3 is 2.59 bits per heavy atom. The number of ether oxygens (including phenoxy) is 1. The topological polar surface area (TPSA) is 119 Å². The number of benzene rings is 2. The van der Waals surface area contributed by atoms with Crippen molar-refractivity contribution in [3.05, 3.63) is 90.2 Å². The lowest BCUT2D eigenvalue weighted by Crippen LogP contribution is -2.21. The number of pyridine rings is 1. The van der Waals surface area contributed by atoms with Gasteiger partial charge in [-0.2, -0.15) is 0 Å². The zero-order valence-corrected chi connectivity index (χ0v) is 22.7. The van der Waals surface area contributed by atoms with Gasteiger partial charge in [0.25, 0.3) is 0 Å². The molecule has 3 heterocycles. The number of furan rings is 1. The lowest BCUT2D eigenvalue weighted by atomic mass is 10.1. The molecule has 0 aliphatic heterocycles. The van der Waals surface area contributed by atoms with Gasteiger partial charge in [0.1, 0.15) is 45.0 Å². The average Bonchev–Trinajstić information content (AvgIpc) is 3.38.